The molecule has 1 saturated carbocycles. The molecule has 3 nitrogen and oxygen atoms in total. The molecule has 1 atom stereocenters. The highest BCUT2D eigenvalue weighted by Crippen LogP contribution is 2.30. The second-order valence-corrected chi connectivity index (χ2v) is 6.42. The molecule has 0 amide bonds. The minimum atomic E-state index is 0.439. The first-order valence-corrected chi connectivity index (χ1v) is 8.19. The van der Waals surface area contributed by atoms with Gasteiger partial charge in [-0.2, -0.15) is 16.9 Å². The van der Waals surface area contributed by atoms with E-state index in [2.05, 4.69) is 35.2 Å². The van der Waals surface area contributed by atoms with Gasteiger partial charge in [0, 0.05) is 24.2 Å². The maximum absolute atomic E-state index is 4.28. The molecular weight excluding hydrogens is 242 g/mol. The van der Waals surface area contributed by atoms with E-state index < -0.39 is 0 Å². The Morgan fingerprint density at radius 2 is 2.22 bits per heavy atom. The van der Waals surface area contributed by atoms with E-state index >= 15 is 0 Å². The number of hydrogen-bond acceptors (Lipinski definition) is 3. The topological polar surface area (TPSA) is 29.9 Å². The third kappa shape index (κ3) is 3.75. The number of hydrogen-bond donors (Lipinski definition) is 1. The van der Waals surface area contributed by atoms with Gasteiger partial charge in [-0.3, -0.25) is 4.68 Å². The fourth-order valence-corrected chi connectivity index (χ4v) is 4.11. The Morgan fingerprint density at radius 1 is 1.44 bits per heavy atom. The maximum Gasteiger partial charge on any atom is 0.0583 e. The van der Waals surface area contributed by atoms with E-state index in [1.165, 1.54) is 37.8 Å². The Balaban J connectivity index is 1.88. The fraction of sp³-hybridized carbons (Fsp3) is 0.786. The average Bonchev–Trinajstić information content (AvgIpc) is 2.82. The molecule has 1 aromatic rings. The van der Waals surface area contributed by atoms with Gasteiger partial charge in [-0.15, -0.1) is 0 Å². The van der Waals surface area contributed by atoms with Crippen LogP contribution in [0.3, 0.4) is 0 Å². The normalized spacial score (nSPS) is 19.0. The van der Waals surface area contributed by atoms with Crippen molar-refractivity contribution in [3.8, 4) is 0 Å². The van der Waals surface area contributed by atoms with Crippen LogP contribution in [0.15, 0.2) is 12.3 Å². The van der Waals surface area contributed by atoms with Crippen molar-refractivity contribution in [2.45, 2.75) is 50.3 Å². The summed E-state index contributed by atoms with van der Waals surface area (Å²) in [4.78, 5) is 0. The van der Waals surface area contributed by atoms with E-state index in [9.17, 15) is 0 Å². The molecule has 0 radical (unpaired) electrons. The lowest BCUT2D eigenvalue weighted by atomic mass is 10.0. The second kappa shape index (κ2) is 7.19. The third-order valence-electron chi connectivity index (χ3n) is 3.72. The van der Waals surface area contributed by atoms with Crippen molar-refractivity contribution in [3.63, 3.8) is 0 Å². The second-order valence-electron chi connectivity index (χ2n) is 5.08. The zero-order chi connectivity index (χ0) is 12.8. The molecule has 1 N–H and O–H groups in total. The molecule has 1 aromatic heterocycles. The van der Waals surface area contributed by atoms with Gasteiger partial charge in [-0.25, -0.2) is 0 Å². The van der Waals surface area contributed by atoms with Crippen molar-refractivity contribution < 1.29 is 0 Å². The van der Waals surface area contributed by atoms with Crippen LogP contribution in [-0.2, 0) is 7.05 Å². The predicted molar refractivity (Wildman–Crippen MR) is 79.0 cm³/mol. The standard InChI is InChI=1S/C14H25N3S/c1-3-15-13(14-9-10-16-17(14)2)11-18-12-7-5-4-6-8-12/h9-10,12-13,15H,3-8,11H2,1-2H3. The van der Waals surface area contributed by atoms with Crippen LogP contribution in [0, 0.1) is 0 Å². The third-order valence-corrected chi connectivity index (χ3v) is 5.19. The van der Waals surface area contributed by atoms with Gasteiger partial charge in [0.15, 0.2) is 0 Å². The van der Waals surface area contributed by atoms with Gasteiger partial charge in [-0.1, -0.05) is 26.2 Å². The van der Waals surface area contributed by atoms with Crippen LogP contribution >= 0.6 is 11.8 Å². The van der Waals surface area contributed by atoms with Crippen LogP contribution in [0.4, 0.5) is 0 Å². The quantitative estimate of drug-likeness (QED) is 0.859. The fourth-order valence-electron chi connectivity index (χ4n) is 2.69. The first-order chi connectivity index (χ1) is 8.81. The van der Waals surface area contributed by atoms with Crippen LogP contribution < -0.4 is 5.32 Å². The molecular formula is C14H25N3S. The number of nitrogens with one attached hydrogen (secondary N) is 1. The lowest BCUT2D eigenvalue weighted by Gasteiger charge is -2.24. The van der Waals surface area contributed by atoms with Crippen molar-refractivity contribution in [2.75, 3.05) is 12.3 Å². The van der Waals surface area contributed by atoms with Crippen molar-refractivity contribution in [3.05, 3.63) is 18.0 Å². The molecule has 0 aliphatic heterocycles. The van der Waals surface area contributed by atoms with Crippen LogP contribution in [0.25, 0.3) is 0 Å². The Labute approximate surface area is 115 Å². The van der Waals surface area contributed by atoms with E-state index in [0.717, 1.165) is 17.5 Å². The summed E-state index contributed by atoms with van der Waals surface area (Å²) in [6.07, 6.45) is 9.01. The van der Waals surface area contributed by atoms with E-state index in [4.69, 9.17) is 0 Å². The zero-order valence-electron chi connectivity index (χ0n) is 11.6. The zero-order valence-corrected chi connectivity index (χ0v) is 12.4. The van der Waals surface area contributed by atoms with Crippen molar-refractivity contribution in [1.29, 1.82) is 0 Å². The molecule has 4 heteroatoms. The molecule has 0 saturated heterocycles. The number of thioether (sulfide) groups is 1. The predicted octanol–water partition coefficient (Wildman–Crippen LogP) is 3.14. The summed E-state index contributed by atoms with van der Waals surface area (Å²) in [6.45, 7) is 3.19. The number of aryl methyl sites for hydroxylation is 1. The monoisotopic (exact) mass is 267 g/mol. The van der Waals surface area contributed by atoms with Crippen LogP contribution in [0.2, 0.25) is 0 Å². The number of nitrogens with zero attached hydrogens (tertiary/aromatic N) is 2. The summed E-state index contributed by atoms with van der Waals surface area (Å²) in [5, 5.41) is 8.75. The number of rotatable bonds is 6. The van der Waals surface area contributed by atoms with E-state index in [1.807, 2.05) is 17.9 Å². The Morgan fingerprint density at radius 3 is 2.83 bits per heavy atom. The number of aromatic nitrogens is 2. The Kier molecular flexibility index (Phi) is 5.57. The molecule has 1 unspecified atom stereocenters. The van der Waals surface area contributed by atoms with Crippen molar-refractivity contribution in [1.82, 2.24) is 15.1 Å². The van der Waals surface area contributed by atoms with Gasteiger partial charge in [0.2, 0.25) is 0 Å². The summed E-state index contributed by atoms with van der Waals surface area (Å²) in [5.41, 5.74) is 1.31. The van der Waals surface area contributed by atoms with Crippen molar-refractivity contribution in [2.24, 2.45) is 7.05 Å². The lowest BCUT2D eigenvalue weighted by molar-refractivity contribution is 0.512. The highest BCUT2D eigenvalue weighted by molar-refractivity contribution is 7.99. The van der Waals surface area contributed by atoms with Crippen LogP contribution in [0.5, 0.6) is 0 Å². The molecule has 2 rings (SSSR count). The van der Waals surface area contributed by atoms with Gasteiger partial charge >= 0.3 is 0 Å². The molecule has 1 aliphatic rings. The van der Waals surface area contributed by atoms with Gasteiger partial charge in [0.1, 0.15) is 0 Å². The highest BCUT2D eigenvalue weighted by atomic mass is 32.2. The van der Waals surface area contributed by atoms with Gasteiger partial charge in [0.25, 0.3) is 0 Å². The van der Waals surface area contributed by atoms with E-state index in [0.29, 0.717) is 6.04 Å². The van der Waals surface area contributed by atoms with Crippen molar-refractivity contribution >= 4 is 11.8 Å². The summed E-state index contributed by atoms with van der Waals surface area (Å²) in [6, 6.07) is 2.57. The molecule has 1 fully saturated rings. The molecule has 18 heavy (non-hydrogen) atoms. The minimum Gasteiger partial charge on any atom is -0.308 e. The largest absolute Gasteiger partial charge is 0.308 e. The average molecular weight is 267 g/mol. The van der Waals surface area contributed by atoms with E-state index in [-0.39, 0.29) is 0 Å². The van der Waals surface area contributed by atoms with Crippen LogP contribution in [-0.4, -0.2) is 27.3 Å². The Hall–Kier alpha value is -0.480. The summed E-state index contributed by atoms with van der Waals surface area (Å²) in [5.74, 6) is 1.16. The molecule has 1 aliphatic carbocycles. The molecule has 102 valence electrons. The lowest BCUT2D eigenvalue weighted by Crippen LogP contribution is -2.26. The maximum atomic E-state index is 4.28. The van der Waals surface area contributed by atoms with E-state index in [1.54, 1.807) is 0 Å². The highest BCUT2D eigenvalue weighted by Gasteiger charge is 2.18. The first-order valence-electron chi connectivity index (χ1n) is 7.14. The Bertz CT molecular complexity index is 345. The SMILES string of the molecule is CCNC(CSC1CCCCC1)c1ccnn1C. The van der Waals surface area contributed by atoms with Crippen LogP contribution in [0.1, 0.15) is 50.8 Å². The summed E-state index contributed by atoms with van der Waals surface area (Å²) < 4.78 is 1.99. The van der Waals surface area contributed by atoms with Gasteiger partial charge in [-0.05, 0) is 25.5 Å². The van der Waals surface area contributed by atoms with Gasteiger partial charge < -0.3 is 5.32 Å². The van der Waals surface area contributed by atoms with Gasteiger partial charge in [0.05, 0.1) is 11.7 Å². The first kappa shape index (κ1) is 13.9. The summed E-state index contributed by atoms with van der Waals surface area (Å²) in [7, 11) is 2.03. The molecule has 0 aromatic carbocycles. The minimum absolute atomic E-state index is 0.439. The smallest absolute Gasteiger partial charge is 0.0583 e. The molecule has 1 heterocycles. The molecule has 0 bridgehead atoms. The summed E-state index contributed by atoms with van der Waals surface area (Å²) >= 11 is 2.15. The molecule has 0 spiro atoms.